The van der Waals surface area contributed by atoms with Gasteiger partial charge >= 0.3 is 0 Å². The van der Waals surface area contributed by atoms with Crippen molar-refractivity contribution < 1.29 is 28.9 Å². The first-order valence-corrected chi connectivity index (χ1v) is 11.7. The molecule has 1 heterocycles. The molecule has 1 fully saturated rings. The first-order chi connectivity index (χ1) is 17.8. The van der Waals surface area contributed by atoms with Crippen LogP contribution < -0.4 is 19.1 Å². The third-order valence-electron chi connectivity index (χ3n) is 6.44. The Morgan fingerprint density at radius 1 is 0.865 bits per heavy atom. The summed E-state index contributed by atoms with van der Waals surface area (Å²) >= 11 is 0. The summed E-state index contributed by atoms with van der Waals surface area (Å²) in [5.74, 6) is -0.277. The maximum Gasteiger partial charge on any atom is 0.295 e. The Labute approximate surface area is 216 Å². The summed E-state index contributed by atoms with van der Waals surface area (Å²) in [4.78, 5) is 30.2. The van der Waals surface area contributed by atoms with Gasteiger partial charge in [-0.25, -0.2) is 0 Å². The number of hydrogen-bond acceptors (Lipinski definition) is 7. The number of Topliss-reactive ketones (excluding diaryl/α,β-unsaturated/α-hetero) is 1. The second-order valence-electron chi connectivity index (χ2n) is 8.83. The maximum atomic E-state index is 13.4. The Bertz CT molecular complexity index is 1330. The lowest BCUT2D eigenvalue weighted by atomic mass is 9.94. The van der Waals surface area contributed by atoms with E-state index in [1.165, 1.54) is 19.1 Å². The van der Waals surface area contributed by atoms with E-state index in [4.69, 9.17) is 14.2 Å². The van der Waals surface area contributed by atoms with Gasteiger partial charge < -0.3 is 29.1 Å². The van der Waals surface area contributed by atoms with E-state index in [1.807, 2.05) is 55.4 Å². The minimum atomic E-state index is -0.811. The number of rotatable bonds is 8. The van der Waals surface area contributed by atoms with Gasteiger partial charge in [-0.3, -0.25) is 9.59 Å². The lowest BCUT2D eigenvalue weighted by molar-refractivity contribution is -0.140. The highest BCUT2D eigenvalue weighted by Gasteiger charge is 2.46. The Balaban J connectivity index is 1.88. The molecule has 1 aliphatic rings. The molecule has 0 saturated carbocycles. The molecule has 192 valence electrons. The fourth-order valence-corrected chi connectivity index (χ4v) is 4.42. The number of methoxy groups -OCH3 is 3. The van der Waals surface area contributed by atoms with Crippen LogP contribution in [0.5, 0.6) is 17.2 Å². The molecule has 1 atom stereocenters. The molecule has 1 amide bonds. The van der Waals surface area contributed by atoms with Crippen molar-refractivity contribution >= 4 is 23.1 Å². The van der Waals surface area contributed by atoms with E-state index in [2.05, 4.69) is 0 Å². The van der Waals surface area contributed by atoms with Crippen LogP contribution in [0.3, 0.4) is 0 Å². The van der Waals surface area contributed by atoms with E-state index in [0.29, 0.717) is 22.8 Å². The zero-order valence-electron chi connectivity index (χ0n) is 21.5. The number of ether oxygens (including phenoxy) is 3. The molecule has 0 bridgehead atoms. The second-order valence-corrected chi connectivity index (χ2v) is 8.83. The van der Waals surface area contributed by atoms with Gasteiger partial charge in [-0.1, -0.05) is 24.3 Å². The molecular formula is C29H30N2O6. The van der Waals surface area contributed by atoms with Crippen LogP contribution in [-0.4, -0.2) is 57.1 Å². The van der Waals surface area contributed by atoms with Crippen molar-refractivity contribution in [2.24, 2.45) is 0 Å². The molecule has 4 rings (SSSR count). The highest BCUT2D eigenvalue weighted by Crippen LogP contribution is 2.42. The van der Waals surface area contributed by atoms with E-state index in [1.54, 1.807) is 37.4 Å². The first-order valence-electron chi connectivity index (χ1n) is 11.7. The molecular weight excluding hydrogens is 472 g/mol. The molecule has 8 nitrogen and oxygen atoms in total. The Kier molecular flexibility index (Phi) is 7.38. The molecule has 37 heavy (non-hydrogen) atoms. The summed E-state index contributed by atoms with van der Waals surface area (Å²) in [6, 6.07) is 18.9. The molecule has 8 heteroatoms. The molecule has 1 N–H and O–H groups in total. The fourth-order valence-electron chi connectivity index (χ4n) is 4.42. The monoisotopic (exact) mass is 502 g/mol. The molecule has 1 unspecified atom stereocenters. The van der Waals surface area contributed by atoms with Crippen LogP contribution in [0.4, 0.5) is 5.69 Å². The van der Waals surface area contributed by atoms with Crippen molar-refractivity contribution in [2.75, 3.05) is 40.3 Å². The van der Waals surface area contributed by atoms with Gasteiger partial charge in [0.2, 0.25) is 0 Å². The molecule has 1 aliphatic heterocycles. The van der Waals surface area contributed by atoms with Crippen LogP contribution in [0.25, 0.3) is 5.76 Å². The smallest absolute Gasteiger partial charge is 0.295 e. The molecule has 1 saturated heterocycles. The van der Waals surface area contributed by atoms with E-state index >= 15 is 0 Å². The molecule has 0 spiro atoms. The van der Waals surface area contributed by atoms with Gasteiger partial charge in [0.25, 0.3) is 11.7 Å². The van der Waals surface area contributed by atoms with Crippen LogP contribution in [0, 0.1) is 0 Å². The summed E-state index contributed by atoms with van der Waals surface area (Å²) in [5, 5.41) is 11.5. The minimum absolute atomic E-state index is 0.0114. The number of ketones is 1. The SMILES string of the molecule is COc1ccc(CN2C(=O)C(=O)/C(=C(/O)c3cc(OC)ccc3OC)C2c2ccc(N(C)C)cc2)cc1. The predicted molar refractivity (Wildman–Crippen MR) is 141 cm³/mol. The van der Waals surface area contributed by atoms with Crippen LogP contribution in [0.1, 0.15) is 22.7 Å². The van der Waals surface area contributed by atoms with Gasteiger partial charge in [0, 0.05) is 26.3 Å². The topological polar surface area (TPSA) is 88.5 Å². The zero-order chi connectivity index (χ0) is 26.7. The Morgan fingerprint density at radius 2 is 1.49 bits per heavy atom. The zero-order valence-corrected chi connectivity index (χ0v) is 21.5. The normalized spacial score (nSPS) is 16.6. The average Bonchev–Trinajstić information content (AvgIpc) is 3.17. The molecule has 3 aromatic carbocycles. The minimum Gasteiger partial charge on any atom is -0.507 e. The molecule has 0 radical (unpaired) electrons. The summed E-state index contributed by atoms with van der Waals surface area (Å²) in [7, 11) is 8.42. The van der Waals surface area contributed by atoms with E-state index in [-0.39, 0.29) is 23.4 Å². The number of benzene rings is 3. The largest absolute Gasteiger partial charge is 0.507 e. The third-order valence-corrected chi connectivity index (χ3v) is 6.44. The van der Waals surface area contributed by atoms with E-state index < -0.39 is 17.7 Å². The number of aliphatic hydroxyl groups excluding tert-OH is 1. The number of carbonyl (C=O) groups excluding carboxylic acids is 2. The highest BCUT2D eigenvalue weighted by atomic mass is 16.5. The van der Waals surface area contributed by atoms with Crippen LogP contribution in [0.2, 0.25) is 0 Å². The van der Waals surface area contributed by atoms with Crippen molar-refractivity contribution in [1.82, 2.24) is 4.90 Å². The number of aliphatic hydroxyl groups is 1. The van der Waals surface area contributed by atoms with Crippen molar-refractivity contribution in [1.29, 1.82) is 0 Å². The van der Waals surface area contributed by atoms with Crippen LogP contribution >= 0.6 is 0 Å². The number of likely N-dealkylation sites (tertiary alicyclic amines) is 1. The number of nitrogens with zero attached hydrogens (tertiary/aromatic N) is 2. The van der Waals surface area contributed by atoms with E-state index in [9.17, 15) is 14.7 Å². The first kappa shape index (κ1) is 25.6. The number of hydrogen-bond donors (Lipinski definition) is 1. The van der Waals surface area contributed by atoms with Gasteiger partial charge in [-0.05, 0) is 53.6 Å². The number of carbonyl (C=O) groups is 2. The van der Waals surface area contributed by atoms with Crippen LogP contribution in [0.15, 0.2) is 72.3 Å². The molecule has 0 aliphatic carbocycles. The Hall–Kier alpha value is -4.46. The summed E-state index contributed by atoms with van der Waals surface area (Å²) < 4.78 is 16.0. The standard InChI is InChI=1S/C29H30N2O6/c1-30(2)20-10-8-19(9-11-20)26-25(27(32)23-16-22(36-4)14-15-24(23)37-5)28(33)29(34)31(26)17-18-6-12-21(35-3)13-7-18/h6-16,26,32H,17H2,1-5H3/b27-25+. The lowest BCUT2D eigenvalue weighted by Gasteiger charge is -2.26. The van der Waals surface area contributed by atoms with Crippen molar-refractivity contribution in [3.05, 3.63) is 89.0 Å². The van der Waals surface area contributed by atoms with E-state index in [0.717, 1.165) is 11.3 Å². The van der Waals surface area contributed by atoms with Gasteiger partial charge in [-0.15, -0.1) is 0 Å². The Morgan fingerprint density at radius 3 is 2.05 bits per heavy atom. The van der Waals surface area contributed by atoms with Gasteiger partial charge in [0.05, 0.1) is 38.5 Å². The van der Waals surface area contributed by atoms with Gasteiger partial charge in [-0.2, -0.15) is 0 Å². The van der Waals surface area contributed by atoms with Crippen molar-refractivity contribution in [3.8, 4) is 17.2 Å². The predicted octanol–water partition coefficient (Wildman–Crippen LogP) is 4.40. The quantitative estimate of drug-likeness (QED) is 0.277. The van der Waals surface area contributed by atoms with Gasteiger partial charge in [0.1, 0.15) is 23.0 Å². The maximum absolute atomic E-state index is 13.4. The summed E-state index contributed by atoms with van der Waals surface area (Å²) in [6.07, 6.45) is 0. The third kappa shape index (κ3) is 4.95. The highest BCUT2D eigenvalue weighted by molar-refractivity contribution is 6.46. The second kappa shape index (κ2) is 10.7. The van der Waals surface area contributed by atoms with Crippen LogP contribution in [-0.2, 0) is 16.1 Å². The number of anilines is 1. The summed E-state index contributed by atoms with van der Waals surface area (Å²) in [5.41, 5.74) is 2.73. The molecule has 0 aromatic heterocycles. The molecule has 3 aromatic rings. The number of amides is 1. The van der Waals surface area contributed by atoms with Crippen molar-refractivity contribution in [2.45, 2.75) is 12.6 Å². The summed E-state index contributed by atoms with van der Waals surface area (Å²) in [6.45, 7) is 0.167. The fraction of sp³-hybridized carbons (Fsp3) is 0.241. The van der Waals surface area contributed by atoms with Crippen molar-refractivity contribution in [3.63, 3.8) is 0 Å². The average molecular weight is 503 g/mol. The van der Waals surface area contributed by atoms with Gasteiger partial charge in [0.15, 0.2) is 0 Å². The lowest BCUT2D eigenvalue weighted by Crippen LogP contribution is -2.29.